The molecular weight excluding hydrogens is 380 g/mol. The molecule has 0 spiro atoms. The minimum Gasteiger partial charge on any atom is -0.321 e. The number of halogens is 1. The van der Waals surface area contributed by atoms with Crippen molar-refractivity contribution in [3.05, 3.63) is 52.0 Å². The summed E-state index contributed by atoms with van der Waals surface area (Å²) in [4.78, 5) is 17.2. The number of benzene rings is 2. The number of carbonyl (C=O) groups excluding carboxylic acids is 1. The summed E-state index contributed by atoms with van der Waals surface area (Å²) in [5.41, 5.74) is 8.19. The molecule has 0 fully saturated rings. The summed E-state index contributed by atoms with van der Waals surface area (Å²) in [5.74, 6) is -0.186. The van der Waals surface area contributed by atoms with Crippen molar-refractivity contribution in [2.24, 2.45) is 5.10 Å². The maximum atomic E-state index is 12.6. The maximum absolute atomic E-state index is 12.6. The van der Waals surface area contributed by atoms with Crippen LogP contribution in [0.4, 0.5) is 10.8 Å². The molecule has 0 aliphatic carbocycles. The first-order chi connectivity index (χ1) is 12.9. The fourth-order valence-corrected chi connectivity index (χ4v) is 3.75. The Hall–Kier alpha value is -2.44. The largest absolute Gasteiger partial charge is 0.321 e. The van der Waals surface area contributed by atoms with E-state index in [4.69, 9.17) is 11.6 Å². The van der Waals surface area contributed by atoms with Gasteiger partial charge in [0.2, 0.25) is 5.13 Å². The van der Waals surface area contributed by atoms with E-state index in [-0.39, 0.29) is 5.91 Å². The first kappa shape index (κ1) is 19.3. The number of rotatable bonds is 5. The van der Waals surface area contributed by atoms with Gasteiger partial charge in [0.15, 0.2) is 0 Å². The van der Waals surface area contributed by atoms with Crippen molar-refractivity contribution in [1.29, 1.82) is 0 Å². The van der Waals surface area contributed by atoms with Crippen molar-refractivity contribution < 1.29 is 4.79 Å². The monoisotopic (exact) mass is 400 g/mol. The molecule has 0 aliphatic heterocycles. The van der Waals surface area contributed by atoms with E-state index in [1.807, 2.05) is 26.8 Å². The number of aromatic nitrogens is 1. The molecule has 2 aromatic carbocycles. The van der Waals surface area contributed by atoms with Crippen LogP contribution in [0, 0.1) is 13.8 Å². The Balaban J connectivity index is 1.93. The summed E-state index contributed by atoms with van der Waals surface area (Å²) >= 11 is 7.52. The van der Waals surface area contributed by atoms with E-state index >= 15 is 0 Å². The Labute approximate surface area is 167 Å². The molecule has 140 valence electrons. The van der Waals surface area contributed by atoms with Gasteiger partial charge in [0.1, 0.15) is 0 Å². The van der Waals surface area contributed by atoms with Gasteiger partial charge in [-0.25, -0.2) is 4.98 Å². The van der Waals surface area contributed by atoms with Gasteiger partial charge in [0.25, 0.3) is 5.91 Å². The average molecular weight is 401 g/mol. The van der Waals surface area contributed by atoms with E-state index in [9.17, 15) is 4.79 Å². The van der Waals surface area contributed by atoms with Crippen molar-refractivity contribution in [3.8, 4) is 0 Å². The fourth-order valence-electron chi connectivity index (χ4n) is 2.66. The lowest BCUT2D eigenvalue weighted by molar-refractivity contribution is 0.102. The molecule has 1 amide bonds. The Morgan fingerprint density at radius 3 is 2.78 bits per heavy atom. The molecule has 0 unspecified atom stereocenters. The Morgan fingerprint density at radius 1 is 1.30 bits per heavy atom. The number of aryl methyl sites for hydroxylation is 2. The second-order valence-corrected chi connectivity index (χ2v) is 7.77. The minimum atomic E-state index is -0.186. The molecule has 0 bridgehead atoms. The SMILES string of the molecule is CC/C(C)=N/Nc1nc2cc(C)c(NC(=O)c3cccc(Cl)c3)c(C)c2s1. The number of hydrazone groups is 1. The average Bonchev–Trinajstić information content (AvgIpc) is 3.06. The van der Waals surface area contributed by atoms with Crippen LogP contribution in [0.3, 0.4) is 0 Å². The molecule has 1 heterocycles. The van der Waals surface area contributed by atoms with Crippen LogP contribution >= 0.6 is 22.9 Å². The van der Waals surface area contributed by atoms with Crippen LogP contribution in [0.1, 0.15) is 41.8 Å². The third-order valence-corrected chi connectivity index (χ3v) is 5.63. The predicted molar refractivity (Wildman–Crippen MR) is 116 cm³/mol. The van der Waals surface area contributed by atoms with Crippen molar-refractivity contribution in [1.82, 2.24) is 4.98 Å². The normalized spacial score (nSPS) is 11.7. The van der Waals surface area contributed by atoms with Crippen LogP contribution in [0.15, 0.2) is 35.4 Å². The Morgan fingerprint density at radius 2 is 2.07 bits per heavy atom. The second-order valence-electron chi connectivity index (χ2n) is 6.34. The van der Waals surface area contributed by atoms with Crippen LogP contribution < -0.4 is 10.7 Å². The first-order valence-corrected chi connectivity index (χ1v) is 9.85. The molecule has 1 aromatic heterocycles. The van der Waals surface area contributed by atoms with E-state index in [2.05, 4.69) is 27.8 Å². The Bertz CT molecular complexity index is 1040. The zero-order valence-electron chi connectivity index (χ0n) is 15.7. The number of nitrogens with zero attached hydrogens (tertiary/aromatic N) is 2. The zero-order chi connectivity index (χ0) is 19.6. The summed E-state index contributed by atoms with van der Waals surface area (Å²) < 4.78 is 1.02. The van der Waals surface area contributed by atoms with Gasteiger partial charge in [0.05, 0.1) is 10.2 Å². The van der Waals surface area contributed by atoms with Gasteiger partial charge < -0.3 is 5.32 Å². The molecular formula is C20H21ClN4OS. The molecule has 0 saturated heterocycles. The smallest absolute Gasteiger partial charge is 0.255 e. The van der Waals surface area contributed by atoms with E-state index in [1.54, 1.807) is 24.3 Å². The van der Waals surface area contributed by atoms with Crippen molar-refractivity contribution in [2.45, 2.75) is 34.1 Å². The van der Waals surface area contributed by atoms with Crippen molar-refractivity contribution in [3.63, 3.8) is 0 Å². The third kappa shape index (κ3) is 4.28. The van der Waals surface area contributed by atoms with E-state index in [0.29, 0.717) is 10.6 Å². The van der Waals surface area contributed by atoms with Crippen LogP contribution in [0.5, 0.6) is 0 Å². The van der Waals surface area contributed by atoms with E-state index in [1.165, 1.54) is 11.3 Å². The molecule has 0 aliphatic rings. The highest BCUT2D eigenvalue weighted by Gasteiger charge is 2.15. The summed E-state index contributed by atoms with van der Waals surface area (Å²) in [6.07, 6.45) is 0.885. The van der Waals surface area contributed by atoms with Gasteiger partial charge >= 0.3 is 0 Å². The van der Waals surface area contributed by atoms with Crippen LogP contribution in [0.2, 0.25) is 5.02 Å². The number of hydrogen-bond donors (Lipinski definition) is 2. The molecule has 5 nitrogen and oxygen atoms in total. The number of nitrogens with one attached hydrogen (secondary N) is 2. The highest BCUT2D eigenvalue weighted by atomic mass is 35.5. The quantitative estimate of drug-likeness (QED) is 0.406. The summed E-state index contributed by atoms with van der Waals surface area (Å²) in [5, 5.41) is 8.60. The number of carbonyl (C=O) groups is 1. The molecule has 0 radical (unpaired) electrons. The molecule has 7 heteroatoms. The molecule has 27 heavy (non-hydrogen) atoms. The van der Waals surface area contributed by atoms with E-state index < -0.39 is 0 Å². The number of amides is 1. The molecule has 3 rings (SSSR count). The lowest BCUT2D eigenvalue weighted by atomic mass is 10.1. The summed E-state index contributed by atoms with van der Waals surface area (Å²) in [6, 6.07) is 8.89. The maximum Gasteiger partial charge on any atom is 0.255 e. The minimum absolute atomic E-state index is 0.186. The van der Waals surface area contributed by atoms with Gasteiger partial charge in [-0.05, 0) is 62.6 Å². The summed E-state index contributed by atoms with van der Waals surface area (Å²) in [6.45, 7) is 7.98. The van der Waals surface area contributed by atoms with Crippen molar-refractivity contribution >= 4 is 55.6 Å². The van der Waals surface area contributed by atoms with Crippen LogP contribution in [-0.4, -0.2) is 16.6 Å². The lowest BCUT2D eigenvalue weighted by Crippen LogP contribution is -2.13. The molecule has 3 aromatic rings. The molecule has 0 atom stereocenters. The zero-order valence-corrected chi connectivity index (χ0v) is 17.3. The van der Waals surface area contributed by atoms with Crippen molar-refractivity contribution in [2.75, 3.05) is 10.7 Å². The van der Waals surface area contributed by atoms with Gasteiger partial charge in [-0.15, -0.1) is 0 Å². The van der Waals surface area contributed by atoms with Gasteiger partial charge in [-0.2, -0.15) is 5.10 Å². The van der Waals surface area contributed by atoms with Crippen LogP contribution in [-0.2, 0) is 0 Å². The third-order valence-electron chi connectivity index (χ3n) is 4.30. The number of hydrogen-bond acceptors (Lipinski definition) is 5. The number of thiazole rings is 1. The number of fused-ring (bicyclic) bond motifs is 1. The predicted octanol–water partition coefficient (Wildman–Crippen LogP) is 6.02. The van der Waals surface area contributed by atoms with E-state index in [0.717, 1.165) is 44.3 Å². The summed E-state index contributed by atoms with van der Waals surface area (Å²) in [7, 11) is 0. The highest BCUT2D eigenvalue weighted by molar-refractivity contribution is 7.22. The topological polar surface area (TPSA) is 66.4 Å². The second kappa shape index (κ2) is 8.06. The van der Waals surface area contributed by atoms with Crippen LogP contribution in [0.25, 0.3) is 10.2 Å². The lowest BCUT2D eigenvalue weighted by Gasteiger charge is -2.12. The Kier molecular flexibility index (Phi) is 5.77. The van der Waals surface area contributed by atoms with Gasteiger partial charge in [0, 0.05) is 22.0 Å². The highest BCUT2D eigenvalue weighted by Crippen LogP contribution is 2.35. The first-order valence-electron chi connectivity index (χ1n) is 8.66. The van der Waals surface area contributed by atoms with Gasteiger partial charge in [-0.1, -0.05) is 35.9 Å². The standard InChI is InChI=1S/C20H21ClN4OS/c1-5-12(3)24-25-20-22-16-9-11(2)17(13(4)18(16)27-20)23-19(26)14-7-6-8-15(21)10-14/h6-10H,5H2,1-4H3,(H,22,25)(H,23,26)/b24-12+. The number of anilines is 2. The van der Waals surface area contributed by atoms with Gasteiger partial charge in [-0.3, -0.25) is 10.2 Å². The fraction of sp³-hybridized carbons (Fsp3) is 0.250. The molecule has 2 N–H and O–H groups in total. The molecule has 0 saturated carbocycles.